The Morgan fingerprint density at radius 3 is 2.95 bits per heavy atom. The van der Waals surface area contributed by atoms with Gasteiger partial charge >= 0.3 is 0 Å². The Bertz CT molecular complexity index is 582. The van der Waals surface area contributed by atoms with E-state index in [1.165, 1.54) is 0 Å². The van der Waals surface area contributed by atoms with Crippen LogP contribution < -0.4 is 14.8 Å². The lowest BCUT2D eigenvalue weighted by atomic mass is 10.2. The van der Waals surface area contributed by atoms with Gasteiger partial charge < -0.3 is 19.2 Å². The number of nitrogens with one attached hydrogen (secondary N) is 1. The van der Waals surface area contributed by atoms with Gasteiger partial charge in [-0.15, -0.1) is 10.2 Å². The lowest BCUT2D eigenvalue weighted by Crippen LogP contribution is -2.17. The predicted molar refractivity (Wildman–Crippen MR) is 67.9 cm³/mol. The zero-order valence-corrected chi connectivity index (χ0v) is 10.8. The second-order valence-electron chi connectivity index (χ2n) is 4.29. The summed E-state index contributed by atoms with van der Waals surface area (Å²) < 4.78 is 16.3. The van der Waals surface area contributed by atoms with Crippen LogP contribution in [0.5, 0.6) is 11.5 Å². The number of nitrogens with zero attached hydrogens (tertiary/aromatic N) is 2. The van der Waals surface area contributed by atoms with Gasteiger partial charge in [-0.2, -0.15) is 0 Å². The molecule has 0 saturated heterocycles. The standard InChI is InChI=1S/C13H15N3O3/c1-3-14-8(2)12-15-16-13(19-12)9-4-5-10-11(6-9)18-7-17-10/h4-6,8,14H,3,7H2,1-2H3. The van der Waals surface area contributed by atoms with Crippen molar-refractivity contribution < 1.29 is 13.9 Å². The summed E-state index contributed by atoms with van der Waals surface area (Å²) in [6.45, 7) is 5.13. The molecule has 0 amide bonds. The van der Waals surface area contributed by atoms with Gasteiger partial charge in [-0.3, -0.25) is 0 Å². The number of aromatic nitrogens is 2. The molecule has 3 rings (SSSR count). The molecule has 19 heavy (non-hydrogen) atoms. The molecule has 1 aliphatic rings. The smallest absolute Gasteiger partial charge is 0.247 e. The van der Waals surface area contributed by atoms with Gasteiger partial charge in [-0.05, 0) is 31.7 Å². The minimum Gasteiger partial charge on any atom is -0.454 e. The molecule has 0 aliphatic carbocycles. The molecule has 0 radical (unpaired) electrons. The highest BCUT2D eigenvalue weighted by atomic mass is 16.7. The van der Waals surface area contributed by atoms with Crippen molar-refractivity contribution in [2.24, 2.45) is 0 Å². The van der Waals surface area contributed by atoms with Crippen LogP contribution in [-0.4, -0.2) is 23.5 Å². The van der Waals surface area contributed by atoms with Crippen LogP contribution in [0.2, 0.25) is 0 Å². The molecule has 2 aromatic rings. The summed E-state index contributed by atoms with van der Waals surface area (Å²) in [5.41, 5.74) is 0.826. The maximum atomic E-state index is 5.66. The first-order chi connectivity index (χ1) is 9.28. The van der Waals surface area contributed by atoms with Crippen LogP contribution >= 0.6 is 0 Å². The molecule has 1 N–H and O–H groups in total. The lowest BCUT2D eigenvalue weighted by molar-refractivity contribution is 0.174. The maximum Gasteiger partial charge on any atom is 0.247 e. The molecule has 6 nitrogen and oxygen atoms in total. The van der Waals surface area contributed by atoms with Crippen molar-refractivity contribution in [3.8, 4) is 23.0 Å². The van der Waals surface area contributed by atoms with Gasteiger partial charge in [0, 0.05) is 5.56 Å². The summed E-state index contributed by atoms with van der Waals surface area (Å²) in [7, 11) is 0. The highest BCUT2D eigenvalue weighted by Gasteiger charge is 2.18. The number of rotatable bonds is 4. The van der Waals surface area contributed by atoms with Gasteiger partial charge in [-0.1, -0.05) is 6.92 Å². The lowest BCUT2D eigenvalue weighted by Gasteiger charge is -2.05. The minimum atomic E-state index is 0.0419. The molecule has 1 aromatic heterocycles. The van der Waals surface area contributed by atoms with Gasteiger partial charge in [0.1, 0.15) is 0 Å². The van der Waals surface area contributed by atoms with Crippen molar-refractivity contribution >= 4 is 0 Å². The third-order valence-corrected chi connectivity index (χ3v) is 2.94. The molecule has 6 heteroatoms. The molecule has 1 atom stereocenters. The molecule has 0 bridgehead atoms. The van der Waals surface area contributed by atoms with Crippen LogP contribution in [0.4, 0.5) is 0 Å². The average molecular weight is 261 g/mol. The number of benzene rings is 1. The van der Waals surface area contributed by atoms with E-state index in [4.69, 9.17) is 13.9 Å². The summed E-state index contributed by atoms with van der Waals surface area (Å²) in [6, 6.07) is 5.61. The first-order valence-corrected chi connectivity index (χ1v) is 6.24. The molecule has 100 valence electrons. The van der Waals surface area contributed by atoms with Crippen molar-refractivity contribution in [1.82, 2.24) is 15.5 Å². The van der Waals surface area contributed by atoms with Crippen LogP contribution in [0.15, 0.2) is 22.6 Å². The van der Waals surface area contributed by atoms with Crippen LogP contribution in [0.25, 0.3) is 11.5 Å². The van der Waals surface area contributed by atoms with E-state index in [1.807, 2.05) is 32.0 Å². The van der Waals surface area contributed by atoms with E-state index in [2.05, 4.69) is 15.5 Å². The monoisotopic (exact) mass is 261 g/mol. The van der Waals surface area contributed by atoms with Crippen molar-refractivity contribution in [2.75, 3.05) is 13.3 Å². The summed E-state index contributed by atoms with van der Waals surface area (Å²) in [6.07, 6.45) is 0. The summed E-state index contributed by atoms with van der Waals surface area (Å²) in [4.78, 5) is 0. The van der Waals surface area contributed by atoms with Crippen molar-refractivity contribution in [2.45, 2.75) is 19.9 Å². The van der Waals surface area contributed by atoms with E-state index in [-0.39, 0.29) is 12.8 Å². The van der Waals surface area contributed by atoms with Gasteiger partial charge in [-0.25, -0.2) is 0 Å². The topological polar surface area (TPSA) is 69.4 Å². The molecule has 1 aliphatic heterocycles. The van der Waals surface area contributed by atoms with Crippen LogP contribution in [0.3, 0.4) is 0 Å². The Balaban J connectivity index is 1.86. The van der Waals surface area contributed by atoms with E-state index >= 15 is 0 Å². The quantitative estimate of drug-likeness (QED) is 0.909. The molecule has 1 aromatic carbocycles. The van der Waals surface area contributed by atoms with Gasteiger partial charge in [0.05, 0.1) is 6.04 Å². The van der Waals surface area contributed by atoms with E-state index in [1.54, 1.807) is 0 Å². The van der Waals surface area contributed by atoms with E-state index in [0.717, 1.165) is 17.9 Å². The SMILES string of the molecule is CCNC(C)c1nnc(-c2ccc3c(c2)OCO3)o1. The number of fused-ring (bicyclic) bond motifs is 1. The number of ether oxygens (including phenoxy) is 2. The molecule has 0 fully saturated rings. The Labute approximate surface area is 110 Å². The highest BCUT2D eigenvalue weighted by molar-refractivity contribution is 5.60. The maximum absolute atomic E-state index is 5.66. The Morgan fingerprint density at radius 2 is 2.11 bits per heavy atom. The third kappa shape index (κ3) is 2.26. The second-order valence-corrected chi connectivity index (χ2v) is 4.29. The normalized spacial score (nSPS) is 14.6. The summed E-state index contributed by atoms with van der Waals surface area (Å²) in [5.74, 6) is 2.51. The molecule has 0 spiro atoms. The van der Waals surface area contributed by atoms with Crippen LogP contribution in [-0.2, 0) is 0 Å². The second kappa shape index (κ2) is 4.89. The minimum absolute atomic E-state index is 0.0419. The van der Waals surface area contributed by atoms with Gasteiger partial charge in [0.15, 0.2) is 11.5 Å². The Hall–Kier alpha value is -2.08. The predicted octanol–water partition coefficient (Wildman–Crippen LogP) is 2.14. The van der Waals surface area contributed by atoms with Crippen molar-refractivity contribution in [1.29, 1.82) is 0 Å². The zero-order valence-electron chi connectivity index (χ0n) is 10.8. The zero-order chi connectivity index (χ0) is 13.2. The van der Waals surface area contributed by atoms with Crippen molar-refractivity contribution in [3.05, 3.63) is 24.1 Å². The largest absolute Gasteiger partial charge is 0.454 e. The Morgan fingerprint density at radius 1 is 1.26 bits per heavy atom. The Kier molecular flexibility index (Phi) is 3.08. The molecular formula is C13H15N3O3. The highest BCUT2D eigenvalue weighted by Crippen LogP contribution is 2.35. The number of hydrogen-bond acceptors (Lipinski definition) is 6. The summed E-state index contributed by atoms with van der Waals surface area (Å²) >= 11 is 0. The molecule has 1 unspecified atom stereocenters. The fourth-order valence-electron chi connectivity index (χ4n) is 1.95. The molecular weight excluding hydrogens is 246 g/mol. The third-order valence-electron chi connectivity index (χ3n) is 2.94. The first kappa shape index (κ1) is 12.0. The van der Waals surface area contributed by atoms with Crippen LogP contribution in [0, 0.1) is 0 Å². The molecule has 2 heterocycles. The van der Waals surface area contributed by atoms with E-state index < -0.39 is 0 Å². The fourth-order valence-corrected chi connectivity index (χ4v) is 1.95. The average Bonchev–Trinajstić information content (AvgIpc) is 3.07. The van der Waals surface area contributed by atoms with Crippen LogP contribution in [0.1, 0.15) is 25.8 Å². The fraction of sp³-hybridized carbons (Fsp3) is 0.385. The molecule has 0 saturated carbocycles. The summed E-state index contributed by atoms with van der Waals surface area (Å²) in [5, 5.41) is 11.3. The number of hydrogen-bond donors (Lipinski definition) is 1. The first-order valence-electron chi connectivity index (χ1n) is 6.24. The van der Waals surface area contributed by atoms with Crippen molar-refractivity contribution in [3.63, 3.8) is 0 Å². The van der Waals surface area contributed by atoms with E-state index in [0.29, 0.717) is 17.5 Å². The van der Waals surface area contributed by atoms with Gasteiger partial charge in [0.2, 0.25) is 18.6 Å². The van der Waals surface area contributed by atoms with E-state index in [9.17, 15) is 0 Å². The van der Waals surface area contributed by atoms with Gasteiger partial charge in [0.25, 0.3) is 0 Å².